The van der Waals surface area contributed by atoms with Gasteiger partial charge in [0, 0.05) is 6.04 Å². The average Bonchev–Trinajstić information content (AvgIpc) is 2.00. The van der Waals surface area contributed by atoms with Crippen molar-refractivity contribution < 1.29 is 9.63 Å². The number of hydrogen-bond donors (Lipinski definition) is 1. The van der Waals surface area contributed by atoms with Gasteiger partial charge >= 0.3 is 0 Å². The van der Waals surface area contributed by atoms with Gasteiger partial charge in [0.25, 0.3) is 5.91 Å². The highest BCUT2D eigenvalue weighted by molar-refractivity contribution is 6.26. The third-order valence-corrected chi connectivity index (χ3v) is 0.999. The smallest absolute Gasteiger partial charge is 0.266 e. The molecule has 0 aliphatic carbocycles. The first-order valence-corrected chi connectivity index (χ1v) is 3.20. The Hall–Kier alpha value is -1.32. The molecule has 11 heavy (non-hydrogen) atoms. The van der Waals surface area contributed by atoms with Crippen LogP contribution in [-0.4, -0.2) is 25.3 Å². The Morgan fingerprint density at radius 1 is 1.82 bits per heavy atom. The van der Waals surface area contributed by atoms with Crippen LogP contribution in [0.4, 0.5) is 0 Å². The van der Waals surface area contributed by atoms with Crippen LogP contribution in [0.15, 0.2) is 17.8 Å². The molecule has 1 atom stereocenters. The molecule has 1 unspecified atom stereocenters. The first-order valence-electron chi connectivity index (χ1n) is 3.20. The fourth-order valence-electron chi connectivity index (χ4n) is 0.421. The van der Waals surface area contributed by atoms with Crippen LogP contribution in [0.2, 0.25) is 0 Å². The summed E-state index contributed by atoms with van der Waals surface area (Å²) in [5.41, 5.74) is 0. The molecule has 0 rings (SSSR count). The van der Waals surface area contributed by atoms with Crippen LogP contribution in [0.1, 0.15) is 6.92 Å². The number of nitrogens with one attached hydrogen (secondary N) is 1. The second kappa shape index (κ2) is 5.46. The number of rotatable bonds is 4. The van der Waals surface area contributed by atoms with Gasteiger partial charge in [0.05, 0.1) is 0 Å². The van der Waals surface area contributed by atoms with Gasteiger partial charge in [-0.15, -0.1) is 6.58 Å². The van der Waals surface area contributed by atoms with E-state index in [1.807, 2.05) is 6.92 Å². The van der Waals surface area contributed by atoms with Crippen molar-refractivity contribution in [2.75, 3.05) is 7.11 Å². The zero-order chi connectivity index (χ0) is 8.69. The van der Waals surface area contributed by atoms with E-state index in [9.17, 15) is 4.79 Å². The minimum atomic E-state index is -0.292. The van der Waals surface area contributed by atoms with E-state index in [1.54, 1.807) is 6.08 Å². The summed E-state index contributed by atoms with van der Waals surface area (Å²) >= 11 is 0. The maximum absolute atomic E-state index is 10.8. The van der Waals surface area contributed by atoms with E-state index in [2.05, 4.69) is 21.9 Å². The van der Waals surface area contributed by atoms with Gasteiger partial charge < -0.3 is 10.2 Å². The Bertz CT molecular complexity index is 166. The number of carbonyl (C=O) groups excluding carboxylic acids is 1. The highest BCUT2D eigenvalue weighted by Crippen LogP contribution is 1.79. The van der Waals surface area contributed by atoms with Crippen molar-refractivity contribution in [1.82, 2.24) is 5.32 Å². The lowest BCUT2D eigenvalue weighted by atomic mass is 10.3. The van der Waals surface area contributed by atoms with Gasteiger partial charge in [-0.3, -0.25) is 4.79 Å². The lowest BCUT2D eigenvalue weighted by molar-refractivity contribution is -0.114. The molecule has 0 saturated heterocycles. The Morgan fingerprint density at radius 2 is 2.45 bits per heavy atom. The van der Waals surface area contributed by atoms with E-state index < -0.39 is 0 Å². The molecule has 0 aromatic rings. The summed E-state index contributed by atoms with van der Waals surface area (Å²) < 4.78 is 0. The maximum Gasteiger partial charge on any atom is 0.266 e. The minimum absolute atomic E-state index is 0.0502. The Labute approximate surface area is 65.9 Å². The maximum atomic E-state index is 10.8. The predicted molar refractivity (Wildman–Crippen MR) is 43.3 cm³/mol. The van der Waals surface area contributed by atoms with Crippen molar-refractivity contribution in [2.45, 2.75) is 13.0 Å². The summed E-state index contributed by atoms with van der Waals surface area (Å²) in [5.74, 6) is -0.292. The lowest BCUT2D eigenvalue weighted by Gasteiger charge is -2.04. The molecule has 0 heterocycles. The highest BCUT2D eigenvalue weighted by atomic mass is 16.6. The monoisotopic (exact) mass is 156 g/mol. The molecule has 0 aromatic carbocycles. The molecule has 0 bridgehead atoms. The van der Waals surface area contributed by atoms with Crippen LogP contribution < -0.4 is 5.32 Å². The second-order valence-corrected chi connectivity index (χ2v) is 1.95. The van der Waals surface area contributed by atoms with Crippen molar-refractivity contribution in [3.8, 4) is 0 Å². The van der Waals surface area contributed by atoms with Gasteiger partial charge in [0.1, 0.15) is 13.3 Å². The SMILES string of the molecule is C=CC(C)NC(=O)/C=N/OC. The standard InChI is InChI=1S/C7H12N2O2/c1-4-6(2)9-7(10)5-8-11-3/h4-6H,1H2,2-3H3,(H,9,10)/b8-5+. The van der Waals surface area contributed by atoms with Crippen LogP contribution >= 0.6 is 0 Å². The molecule has 0 aromatic heterocycles. The molecule has 0 spiro atoms. The predicted octanol–water partition coefficient (Wildman–Crippen LogP) is 0.309. The largest absolute Gasteiger partial charge is 0.399 e. The second-order valence-electron chi connectivity index (χ2n) is 1.95. The first-order chi connectivity index (χ1) is 5.20. The third kappa shape index (κ3) is 5.14. The van der Waals surface area contributed by atoms with Crippen LogP contribution in [0.25, 0.3) is 0 Å². The molecule has 1 N–H and O–H groups in total. The molecule has 0 radical (unpaired) electrons. The average molecular weight is 156 g/mol. The van der Waals surface area contributed by atoms with E-state index in [-0.39, 0.29) is 11.9 Å². The highest BCUT2D eigenvalue weighted by Gasteiger charge is 1.98. The van der Waals surface area contributed by atoms with Crippen molar-refractivity contribution in [1.29, 1.82) is 0 Å². The summed E-state index contributed by atoms with van der Waals surface area (Å²) in [7, 11) is 1.38. The number of nitrogens with zero attached hydrogens (tertiary/aromatic N) is 1. The molecule has 62 valence electrons. The normalized spacial score (nSPS) is 12.5. The molecular weight excluding hydrogens is 144 g/mol. The van der Waals surface area contributed by atoms with Crippen molar-refractivity contribution in [2.24, 2.45) is 5.16 Å². The van der Waals surface area contributed by atoms with Gasteiger partial charge in [-0.1, -0.05) is 11.2 Å². The van der Waals surface area contributed by atoms with Gasteiger partial charge in [0.2, 0.25) is 0 Å². The van der Waals surface area contributed by atoms with Crippen LogP contribution in [0.5, 0.6) is 0 Å². The molecular formula is C7H12N2O2. The van der Waals surface area contributed by atoms with Gasteiger partial charge in [-0.2, -0.15) is 0 Å². The van der Waals surface area contributed by atoms with E-state index in [4.69, 9.17) is 0 Å². The Balaban J connectivity index is 3.68. The van der Waals surface area contributed by atoms with Gasteiger partial charge in [-0.05, 0) is 6.92 Å². The topological polar surface area (TPSA) is 50.7 Å². The summed E-state index contributed by atoms with van der Waals surface area (Å²) in [6.45, 7) is 5.31. The number of amides is 1. The zero-order valence-corrected chi connectivity index (χ0v) is 6.70. The zero-order valence-electron chi connectivity index (χ0n) is 6.70. The van der Waals surface area contributed by atoms with E-state index in [0.717, 1.165) is 6.21 Å². The minimum Gasteiger partial charge on any atom is -0.399 e. The molecule has 0 aliphatic heterocycles. The van der Waals surface area contributed by atoms with Crippen molar-refractivity contribution in [3.05, 3.63) is 12.7 Å². The fraction of sp³-hybridized carbons (Fsp3) is 0.429. The van der Waals surface area contributed by atoms with Crippen LogP contribution in [0.3, 0.4) is 0 Å². The summed E-state index contributed by atoms with van der Waals surface area (Å²) in [6, 6.07) is -0.0502. The third-order valence-electron chi connectivity index (χ3n) is 0.999. The first kappa shape index (κ1) is 9.68. The number of oxime groups is 1. The Morgan fingerprint density at radius 3 is 2.91 bits per heavy atom. The summed E-state index contributed by atoms with van der Waals surface area (Å²) in [6.07, 6.45) is 2.69. The molecule has 0 aliphatic rings. The van der Waals surface area contributed by atoms with Crippen LogP contribution in [-0.2, 0) is 9.63 Å². The van der Waals surface area contributed by atoms with Gasteiger partial charge in [-0.25, -0.2) is 0 Å². The quantitative estimate of drug-likeness (QED) is 0.362. The number of carbonyl (C=O) groups is 1. The summed E-state index contributed by atoms with van der Waals surface area (Å²) in [4.78, 5) is 15.1. The summed E-state index contributed by atoms with van der Waals surface area (Å²) in [5, 5.41) is 5.87. The number of hydrogen-bond acceptors (Lipinski definition) is 3. The van der Waals surface area contributed by atoms with Crippen molar-refractivity contribution in [3.63, 3.8) is 0 Å². The van der Waals surface area contributed by atoms with E-state index in [0.29, 0.717) is 0 Å². The molecule has 0 fully saturated rings. The van der Waals surface area contributed by atoms with Gasteiger partial charge in [0.15, 0.2) is 0 Å². The molecule has 4 nitrogen and oxygen atoms in total. The molecule has 4 heteroatoms. The molecule has 0 saturated carbocycles. The molecule has 1 amide bonds. The van der Waals surface area contributed by atoms with E-state index >= 15 is 0 Å². The fourth-order valence-corrected chi connectivity index (χ4v) is 0.421. The lowest BCUT2D eigenvalue weighted by Crippen LogP contribution is -2.31. The van der Waals surface area contributed by atoms with E-state index in [1.165, 1.54) is 7.11 Å². The Kier molecular flexibility index (Phi) is 4.81. The van der Waals surface area contributed by atoms with Crippen LogP contribution in [0, 0.1) is 0 Å². The van der Waals surface area contributed by atoms with Crippen molar-refractivity contribution >= 4 is 12.1 Å².